The minimum absolute atomic E-state index is 0.750. The molecule has 0 radical (unpaired) electrons. The summed E-state index contributed by atoms with van der Waals surface area (Å²) in [5, 5.41) is 0. The molecule has 0 atom stereocenters. The van der Waals surface area contributed by atoms with E-state index in [9.17, 15) is 0 Å². The van der Waals surface area contributed by atoms with Gasteiger partial charge in [-0.1, -0.05) is 43.7 Å². The first kappa shape index (κ1) is 13.2. The third-order valence-corrected chi connectivity index (χ3v) is 2.70. The highest BCUT2D eigenvalue weighted by molar-refractivity contribution is 5.14. The molecule has 0 saturated carbocycles. The lowest BCUT2D eigenvalue weighted by molar-refractivity contribution is 0.221. The van der Waals surface area contributed by atoms with Gasteiger partial charge in [0, 0.05) is 6.54 Å². The van der Waals surface area contributed by atoms with Crippen molar-refractivity contribution in [1.82, 2.24) is 4.90 Å². The van der Waals surface area contributed by atoms with Crippen LogP contribution in [0.3, 0.4) is 0 Å². The quantitative estimate of drug-likeness (QED) is 0.830. The largest absolute Gasteiger partial charge is 0.331 e. The Balaban J connectivity index is 0.000000386. The second-order valence-corrected chi connectivity index (χ2v) is 4.23. The van der Waals surface area contributed by atoms with Crippen LogP contribution >= 0.6 is 0 Å². The molecule has 2 nitrogen and oxygen atoms in total. The fraction of sp³-hybridized carbons (Fsp3) is 0.571. The van der Waals surface area contributed by atoms with Gasteiger partial charge >= 0.3 is 0 Å². The van der Waals surface area contributed by atoms with E-state index < -0.39 is 0 Å². The molecule has 90 valence electrons. The maximum absolute atomic E-state index is 4.85. The third kappa shape index (κ3) is 5.29. The van der Waals surface area contributed by atoms with Crippen molar-refractivity contribution in [2.24, 2.45) is 5.73 Å². The normalized spacial score (nSPS) is 16.4. The molecule has 1 saturated heterocycles. The predicted molar refractivity (Wildman–Crippen MR) is 70.3 cm³/mol. The summed E-state index contributed by atoms with van der Waals surface area (Å²) in [6.45, 7) is 6.37. The van der Waals surface area contributed by atoms with E-state index in [4.69, 9.17) is 5.73 Å². The number of hydrogen-bond donors (Lipinski definition) is 1. The van der Waals surface area contributed by atoms with E-state index in [2.05, 4.69) is 35.2 Å². The Hall–Kier alpha value is -0.860. The minimum Gasteiger partial charge on any atom is -0.331 e. The summed E-state index contributed by atoms with van der Waals surface area (Å²) in [6.07, 6.45) is 4.19. The van der Waals surface area contributed by atoms with Crippen molar-refractivity contribution in [3.8, 4) is 0 Å². The first-order valence-corrected chi connectivity index (χ1v) is 6.33. The van der Waals surface area contributed by atoms with E-state index in [0.29, 0.717) is 0 Å². The molecule has 0 unspecified atom stereocenters. The summed E-state index contributed by atoms with van der Waals surface area (Å²) in [5.74, 6) is 0. The topological polar surface area (TPSA) is 29.3 Å². The standard InChI is InChI=1S/C12H17N.C2H7N/c1-3-7-12(8-4-1)11-13-9-5-2-6-10-13;1-2-3/h1,3-4,7-8H,2,5-6,9-11H2;2-3H2,1H3. The molecular formula is C14H24N2. The van der Waals surface area contributed by atoms with E-state index >= 15 is 0 Å². The van der Waals surface area contributed by atoms with Gasteiger partial charge in [0.1, 0.15) is 0 Å². The molecule has 1 aliphatic heterocycles. The highest BCUT2D eigenvalue weighted by Gasteiger charge is 2.09. The Bertz CT molecular complexity index is 253. The molecule has 1 fully saturated rings. The Morgan fingerprint density at radius 3 is 2.19 bits per heavy atom. The maximum atomic E-state index is 4.85. The Labute approximate surface area is 99.5 Å². The molecule has 1 aromatic carbocycles. The Morgan fingerprint density at radius 2 is 1.62 bits per heavy atom. The minimum atomic E-state index is 0.750. The van der Waals surface area contributed by atoms with Crippen LogP contribution in [-0.4, -0.2) is 24.5 Å². The number of piperidine rings is 1. The second-order valence-electron chi connectivity index (χ2n) is 4.23. The summed E-state index contributed by atoms with van der Waals surface area (Å²) < 4.78 is 0. The number of rotatable bonds is 2. The van der Waals surface area contributed by atoms with E-state index in [-0.39, 0.29) is 0 Å². The fourth-order valence-corrected chi connectivity index (χ4v) is 1.96. The van der Waals surface area contributed by atoms with Gasteiger partial charge in [0.25, 0.3) is 0 Å². The van der Waals surface area contributed by atoms with Crippen molar-refractivity contribution in [3.63, 3.8) is 0 Å². The van der Waals surface area contributed by atoms with Crippen LogP contribution in [0.1, 0.15) is 31.7 Å². The van der Waals surface area contributed by atoms with Crippen molar-refractivity contribution >= 4 is 0 Å². The van der Waals surface area contributed by atoms with E-state index in [0.717, 1.165) is 13.1 Å². The number of hydrogen-bond acceptors (Lipinski definition) is 2. The van der Waals surface area contributed by atoms with Crippen LogP contribution in [-0.2, 0) is 6.54 Å². The van der Waals surface area contributed by atoms with Crippen LogP contribution in [0, 0.1) is 0 Å². The van der Waals surface area contributed by atoms with Crippen molar-refractivity contribution < 1.29 is 0 Å². The van der Waals surface area contributed by atoms with Gasteiger partial charge in [-0.2, -0.15) is 0 Å². The van der Waals surface area contributed by atoms with Crippen LogP contribution in [0.15, 0.2) is 30.3 Å². The Morgan fingerprint density at radius 1 is 1.06 bits per heavy atom. The average molecular weight is 220 g/mol. The smallest absolute Gasteiger partial charge is 0.0233 e. The van der Waals surface area contributed by atoms with Gasteiger partial charge in [0.15, 0.2) is 0 Å². The molecule has 1 aromatic rings. The van der Waals surface area contributed by atoms with Crippen molar-refractivity contribution in [3.05, 3.63) is 35.9 Å². The van der Waals surface area contributed by atoms with Crippen LogP contribution in [0.2, 0.25) is 0 Å². The molecular weight excluding hydrogens is 196 g/mol. The Kier molecular flexibility index (Phi) is 6.86. The van der Waals surface area contributed by atoms with Crippen LogP contribution < -0.4 is 5.73 Å². The molecule has 1 aliphatic rings. The van der Waals surface area contributed by atoms with Crippen molar-refractivity contribution in [2.75, 3.05) is 19.6 Å². The number of nitrogens with two attached hydrogens (primary N) is 1. The SMILES string of the molecule is CCN.c1ccc(CN2CCCCC2)cc1. The lowest BCUT2D eigenvalue weighted by Crippen LogP contribution is -2.28. The molecule has 2 N–H and O–H groups in total. The van der Waals surface area contributed by atoms with Crippen LogP contribution in [0.5, 0.6) is 0 Å². The summed E-state index contributed by atoms with van der Waals surface area (Å²) in [4.78, 5) is 2.55. The maximum Gasteiger partial charge on any atom is 0.0233 e. The summed E-state index contributed by atoms with van der Waals surface area (Å²) in [5.41, 5.74) is 6.30. The molecule has 0 amide bonds. The number of likely N-dealkylation sites (tertiary alicyclic amines) is 1. The molecule has 2 heteroatoms. The van der Waals surface area contributed by atoms with Crippen LogP contribution in [0.25, 0.3) is 0 Å². The fourth-order valence-electron chi connectivity index (χ4n) is 1.96. The first-order valence-electron chi connectivity index (χ1n) is 6.33. The molecule has 0 bridgehead atoms. The molecule has 0 aliphatic carbocycles. The predicted octanol–water partition coefficient (Wildman–Crippen LogP) is 2.64. The average Bonchev–Trinajstić information content (AvgIpc) is 2.33. The van der Waals surface area contributed by atoms with Crippen molar-refractivity contribution in [2.45, 2.75) is 32.7 Å². The van der Waals surface area contributed by atoms with Crippen LogP contribution in [0.4, 0.5) is 0 Å². The molecule has 2 rings (SSSR count). The second kappa shape index (κ2) is 8.31. The zero-order valence-electron chi connectivity index (χ0n) is 10.4. The molecule has 1 heterocycles. The van der Waals surface area contributed by atoms with Gasteiger partial charge < -0.3 is 5.73 Å². The lowest BCUT2D eigenvalue weighted by atomic mass is 10.1. The van der Waals surface area contributed by atoms with Gasteiger partial charge in [0.05, 0.1) is 0 Å². The molecule has 0 spiro atoms. The van der Waals surface area contributed by atoms with Gasteiger partial charge in [-0.25, -0.2) is 0 Å². The van der Waals surface area contributed by atoms with Gasteiger partial charge in [-0.3, -0.25) is 4.90 Å². The third-order valence-electron chi connectivity index (χ3n) is 2.70. The summed E-state index contributed by atoms with van der Waals surface area (Å²) in [6, 6.07) is 10.8. The number of nitrogens with zero attached hydrogens (tertiary/aromatic N) is 1. The highest BCUT2D eigenvalue weighted by atomic mass is 15.1. The zero-order chi connectivity index (χ0) is 11.6. The highest BCUT2D eigenvalue weighted by Crippen LogP contribution is 2.12. The van der Waals surface area contributed by atoms with Gasteiger partial charge in [-0.15, -0.1) is 0 Å². The lowest BCUT2D eigenvalue weighted by Gasteiger charge is -2.26. The molecule has 16 heavy (non-hydrogen) atoms. The zero-order valence-corrected chi connectivity index (χ0v) is 10.4. The molecule has 0 aromatic heterocycles. The number of benzene rings is 1. The first-order chi connectivity index (χ1) is 7.86. The van der Waals surface area contributed by atoms with Crippen molar-refractivity contribution in [1.29, 1.82) is 0 Å². The van der Waals surface area contributed by atoms with Gasteiger partial charge in [-0.05, 0) is 38.0 Å². The summed E-state index contributed by atoms with van der Waals surface area (Å²) >= 11 is 0. The van der Waals surface area contributed by atoms with E-state index in [1.165, 1.54) is 37.9 Å². The van der Waals surface area contributed by atoms with E-state index in [1.54, 1.807) is 0 Å². The van der Waals surface area contributed by atoms with Gasteiger partial charge in [0.2, 0.25) is 0 Å². The monoisotopic (exact) mass is 220 g/mol. The van der Waals surface area contributed by atoms with E-state index in [1.807, 2.05) is 6.92 Å². The summed E-state index contributed by atoms with van der Waals surface area (Å²) in [7, 11) is 0.